The van der Waals surface area contributed by atoms with E-state index < -0.39 is 0 Å². The Labute approximate surface area is 189 Å². The number of methoxy groups -OCH3 is 2. The molecule has 1 fully saturated rings. The van der Waals surface area contributed by atoms with Gasteiger partial charge in [-0.3, -0.25) is 10.7 Å². The molecule has 0 radical (unpaired) electrons. The number of benzene rings is 2. The molecule has 1 saturated carbocycles. The minimum absolute atomic E-state index is 0.0726. The van der Waals surface area contributed by atoms with Crippen LogP contribution in [0.2, 0.25) is 0 Å². The highest BCUT2D eigenvalue weighted by Crippen LogP contribution is 2.34. The first-order chi connectivity index (χ1) is 15.6. The second kappa shape index (κ2) is 11.5. The highest BCUT2D eigenvalue weighted by molar-refractivity contribution is 5.77. The molecule has 2 aromatic rings. The Bertz CT molecular complexity index is 1030. The van der Waals surface area contributed by atoms with Crippen molar-refractivity contribution in [1.29, 1.82) is 10.7 Å². The summed E-state index contributed by atoms with van der Waals surface area (Å²) in [4.78, 5) is 0. The van der Waals surface area contributed by atoms with E-state index >= 15 is 0 Å². The van der Waals surface area contributed by atoms with Crippen LogP contribution < -0.4 is 24.8 Å². The molecule has 166 valence electrons. The molecule has 7 nitrogen and oxygen atoms in total. The topological polar surface area (TPSA) is 99.4 Å². The van der Waals surface area contributed by atoms with E-state index in [1.807, 2.05) is 42.5 Å². The quantitative estimate of drug-likeness (QED) is 0.203. The molecule has 1 aliphatic carbocycles. The van der Waals surface area contributed by atoms with Crippen LogP contribution in [0, 0.1) is 28.7 Å². The van der Waals surface area contributed by atoms with E-state index in [2.05, 4.69) is 22.5 Å². The lowest BCUT2D eigenvalue weighted by atomic mass is 9.98. The monoisotopic (exact) mass is 432 g/mol. The molecule has 32 heavy (non-hydrogen) atoms. The van der Waals surface area contributed by atoms with Gasteiger partial charge in [0.15, 0.2) is 17.7 Å². The minimum Gasteiger partial charge on any atom is -0.497 e. The van der Waals surface area contributed by atoms with Gasteiger partial charge in [-0.05, 0) is 61.6 Å². The average Bonchev–Trinajstić information content (AvgIpc) is 3.32. The Morgan fingerprint density at radius 1 is 1.12 bits per heavy atom. The Morgan fingerprint density at radius 2 is 1.94 bits per heavy atom. The summed E-state index contributed by atoms with van der Waals surface area (Å²) in [7, 11) is 3.25. The van der Waals surface area contributed by atoms with Gasteiger partial charge in [-0.25, -0.2) is 0 Å². The lowest BCUT2D eigenvalue weighted by molar-refractivity contribution is 0.200. The van der Waals surface area contributed by atoms with E-state index in [-0.39, 0.29) is 18.0 Å². The number of nitrogens with zero attached hydrogens (tertiary/aromatic N) is 1. The van der Waals surface area contributed by atoms with Crippen LogP contribution in [0.25, 0.3) is 0 Å². The van der Waals surface area contributed by atoms with Crippen molar-refractivity contribution in [2.75, 3.05) is 20.8 Å². The van der Waals surface area contributed by atoms with E-state index in [0.717, 1.165) is 29.7 Å². The molecule has 0 spiro atoms. The fourth-order valence-electron chi connectivity index (χ4n) is 3.62. The molecule has 7 heteroatoms. The third kappa shape index (κ3) is 6.33. The first-order valence-electron chi connectivity index (χ1n) is 10.6. The third-order valence-corrected chi connectivity index (χ3v) is 5.31. The van der Waals surface area contributed by atoms with Crippen LogP contribution in [0.3, 0.4) is 0 Å². The number of rotatable bonds is 7. The van der Waals surface area contributed by atoms with Crippen molar-refractivity contribution >= 4 is 5.96 Å². The van der Waals surface area contributed by atoms with Gasteiger partial charge in [0.05, 0.1) is 26.2 Å². The summed E-state index contributed by atoms with van der Waals surface area (Å²) < 4.78 is 17.0. The highest BCUT2D eigenvalue weighted by atomic mass is 16.5. The van der Waals surface area contributed by atoms with Crippen LogP contribution >= 0.6 is 0 Å². The molecule has 0 amide bonds. The molecule has 1 atom stereocenters. The summed E-state index contributed by atoms with van der Waals surface area (Å²) in [6.45, 7) is 0.347. The van der Waals surface area contributed by atoms with E-state index in [1.54, 1.807) is 20.4 Å². The van der Waals surface area contributed by atoms with E-state index in [4.69, 9.17) is 24.9 Å². The molecule has 0 heterocycles. The van der Waals surface area contributed by atoms with E-state index in [0.29, 0.717) is 18.0 Å². The number of nitriles is 1. The van der Waals surface area contributed by atoms with Crippen molar-refractivity contribution in [1.82, 2.24) is 10.6 Å². The number of hydrogen-bond acceptors (Lipinski definition) is 5. The maximum atomic E-state index is 8.74. The summed E-state index contributed by atoms with van der Waals surface area (Å²) >= 11 is 0. The van der Waals surface area contributed by atoms with E-state index in [9.17, 15) is 0 Å². The summed E-state index contributed by atoms with van der Waals surface area (Å²) in [5.41, 5.74) is 1.77. The predicted molar refractivity (Wildman–Crippen MR) is 123 cm³/mol. The highest BCUT2D eigenvalue weighted by Gasteiger charge is 2.20. The van der Waals surface area contributed by atoms with Gasteiger partial charge in [0.1, 0.15) is 5.75 Å². The number of nitrogens with one attached hydrogen (secondary N) is 3. The summed E-state index contributed by atoms with van der Waals surface area (Å²) in [6, 6.07) is 13.4. The van der Waals surface area contributed by atoms with Crippen LogP contribution in [0.15, 0.2) is 42.5 Å². The minimum atomic E-state index is -0.251. The molecule has 0 bridgehead atoms. The molecule has 3 rings (SSSR count). The number of guanidine groups is 1. The second-order valence-electron chi connectivity index (χ2n) is 7.48. The standard InChI is InChI=1S/C25H28N4O3/c1-30-22-9-5-6-18(14-22)10-11-20(16-28-25(27)29-17-26)19-12-13-23(31-2)24(15-19)32-21-7-3-4-8-21/h5-6,9,12-15,20-21H,3-4,7-8,16H2,1-2H3,(H3,27,28,29)/t20-/m1/s1. The van der Waals surface area contributed by atoms with Gasteiger partial charge < -0.3 is 19.5 Å². The van der Waals surface area contributed by atoms with Crippen molar-refractivity contribution in [2.45, 2.75) is 37.7 Å². The van der Waals surface area contributed by atoms with Gasteiger partial charge in [-0.15, -0.1) is 0 Å². The molecule has 0 unspecified atom stereocenters. The van der Waals surface area contributed by atoms with Gasteiger partial charge in [0.2, 0.25) is 5.96 Å². The lowest BCUT2D eigenvalue weighted by Gasteiger charge is -2.19. The number of hydrogen-bond donors (Lipinski definition) is 3. The Balaban J connectivity index is 1.88. The largest absolute Gasteiger partial charge is 0.497 e. The van der Waals surface area contributed by atoms with Gasteiger partial charge >= 0.3 is 0 Å². The predicted octanol–water partition coefficient (Wildman–Crippen LogP) is 3.76. The SMILES string of the molecule is COc1cccc(C#C[C@H](CNC(=N)NC#N)c2ccc(OC)c(OC3CCCC3)c2)c1. The zero-order chi connectivity index (χ0) is 22.8. The van der Waals surface area contributed by atoms with Crippen molar-refractivity contribution in [2.24, 2.45) is 0 Å². The fraction of sp³-hybridized carbons (Fsp3) is 0.360. The molecule has 0 aromatic heterocycles. The van der Waals surface area contributed by atoms with Crippen LogP contribution in [0.4, 0.5) is 0 Å². The average molecular weight is 433 g/mol. The van der Waals surface area contributed by atoms with Crippen molar-refractivity contribution < 1.29 is 14.2 Å². The Hall–Kier alpha value is -3.84. The molecular weight excluding hydrogens is 404 g/mol. The zero-order valence-electron chi connectivity index (χ0n) is 18.4. The Morgan fingerprint density at radius 3 is 2.66 bits per heavy atom. The second-order valence-corrected chi connectivity index (χ2v) is 7.48. The molecule has 3 N–H and O–H groups in total. The van der Waals surface area contributed by atoms with Gasteiger partial charge in [-0.2, -0.15) is 5.26 Å². The van der Waals surface area contributed by atoms with Crippen LogP contribution in [-0.4, -0.2) is 32.8 Å². The normalized spacial score (nSPS) is 13.8. The molecule has 2 aromatic carbocycles. The third-order valence-electron chi connectivity index (χ3n) is 5.31. The summed E-state index contributed by atoms with van der Waals surface area (Å²) in [6.07, 6.45) is 6.40. The number of ether oxygens (including phenoxy) is 3. The smallest absolute Gasteiger partial charge is 0.201 e. The van der Waals surface area contributed by atoms with Crippen molar-refractivity contribution in [3.8, 4) is 35.3 Å². The Kier molecular flexibility index (Phi) is 8.22. The van der Waals surface area contributed by atoms with E-state index in [1.165, 1.54) is 12.8 Å². The van der Waals surface area contributed by atoms with Crippen molar-refractivity contribution in [3.63, 3.8) is 0 Å². The summed E-state index contributed by atoms with van der Waals surface area (Å²) in [5, 5.41) is 21.7. The fourth-order valence-corrected chi connectivity index (χ4v) is 3.62. The van der Waals surface area contributed by atoms with Gasteiger partial charge in [-0.1, -0.05) is 24.0 Å². The van der Waals surface area contributed by atoms with Gasteiger partial charge in [0.25, 0.3) is 0 Å². The van der Waals surface area contributed by atoms with Crippen molar-refractivity contribution in [3.05, 3.63) is 53.6 Å². The summed E-state index contributed by atoms with van der Waals surface area (Å²) in [5.74, 6) is 8.29. The maximum absolute atomic E-state index is 8.74. The molecule has 1 aliphatic rings. The molecular formula is C25H28N4O3. The maximum Gasteiger partial charge on any atom is 0.201 e. The molecule has 0 aliphatic heterocycles. The zero-order valence-corrected chi connectivity index (χ0v) is 18.4. The van der Waals surface area contributed by atoms with Crippen LogP contribution in [0.5, 0.6) is 17.2 Å². The first-order valence-corrected chi connectivity index (χ1v) is 10.6. The molecule has 0 saturated heterocycles. The van der Waals surface area contributed by atoms with Gasteiger partial charge in [0, 0.05) is 12.1 Å². The first kappa shape index (κ1) is 22.8. The lowest BCUT2D eigenvalue weighted by Crippen LogP contribution is -2.35. The van der Waals surface area contributed by atoms with Crippen LogP contribution in [0.1, 0.15) is 42.7 Å². The van der Waals surface area contributed by atoms with Crippen LogP contribution in [-0.2, 0) is 0 Å².